The Morgan fingerprint density at radius 1 is 1.10 bits per heavy atom. The summed E-state index contributed by atoms with van der Waals surface area (Å²) in [6.45, 7) is 4.58. The van der Waals surface area contributed by atoms with Gasteiger partial charge in [-0.1, -0.05) is 65.3 Å². The van der Waals surface area contributed by atoms with Crippen LogP contribution in [-0.4, -0.2) is 11.4 Å². The quantitative estimate of drug-likeness (QED) is 0.443. The summed E-state index contributed by atoms with van der Waals surface area (Å²) in [6.07, 6.45) is 1.89. The zero-order valence-electron chi connectivity index (χ0n) is 17.3. The van der Waals surface area contributed by atoms with Gasteiger partial charge in [0.15, 0.2) is 5.50 Å². The first-order chi connectivity index (χ1) is 15.0. The molecule has 4 rings (SSSR count). The van der Waals surface area contributed by atoms with Crippen LogP contribution in [0, 0.1) is 13.8 Å². The average molecular weight is 451 g/mol. The second kappa shape index (κ2) is 9.50. The number of amides is 1. The fraction of sp³-hybridized carbons (Fsp3) is 0.160. The predicted octanol–water partition coefficient (Wildman–Crippen LogP) is 6.14. The molecule has 0 spiro atoms. The Labute approximate surface area is 191 Å². The van der Waals surface area contributed by atoms with E-state index in [0.29, 0.717) is 16.5 Å². The van der Waals surface area contributed by atoms with Crippen molar-refractivity contribution in [3.05, 3.63) is 98.9 Å². The van der Waals surface area contributed by atoms with Crippen molar-refractivity contribution in [2.45, 2.75) is 26.0 Å². The Kier molecular flexibility index (Phi) is 6.54. The molecule has 4 nitrogen and oxygen atoms in total. The molecule has 1 saturated heterocycles. The van der Waals surface area contributed by atoms with Crippen LogP contribution in [0.3, 0.4) is 0 Å². The van der Waals surface area contributed by atoms with Gasteiger partial charge in [-0.25, -0.2) is 0 Å². The van der Waals surface area contributed by atoms with Gasteiger partial charge in [0.05, 0.1) is 4.91 Å². The fourth-order valence-corrected chi connectivity index (χ4v) is 4.48. The summed E-state index contributed by atoms with van der Waals surface area (Å²) in [4.78, 5) is 13.1. The van der Waals surface area contributed by atoms with Gasteiger partial charge in [-0.15, -0.1) is 0 Å². The van der Waals surface area contributed by atoms with Crippen LogP contribution in [0.5, 0.6) is 5.75 Å². The van der Waals surface area contributed by atoms with Crippen LogP contribution in [0.15, 0.2) is 71.6 Å². The molecule has 0 aliphatic carbocycles. The van der Waals surface area contributed by atoms with Gasteiger partial charge in [0.25, 0.3) is 5.91 Å². The molecule has 0 radical (unpaired) electrons. The lowest BCUT2D eigenvalue weighted by Gasteiger charge is -2.15. The predicted molar refractivity (Wildman–Crippen MR) is 129 cm³/mol. The maximum atomic E-state index is 12.4. The van der Waals surface area contributed by atoms with Gasteiger partial charge in [0.1, 0.15) is 12.4 Å². The zero-order valence-corrected chi connectivity index (χ0v) is 18.9. The Morgan fingerprint density at radius 3 is 2.65 bits per heavy atom. The van der Waals surface area contributed by atoms with Crippen molar-refractivity contribution in [2.24, 2.45) is 0 Å². The number of carbonyl (C=O) groups is 1. The Morgan fingerprint density at radius 2 is 1.90 bits per heavy atom. The molecule has 6 heteroatoms. The molecule has 1 unspecified atom stereocenters. The average Bonchev–Trinajstić information content (AvgIpc) is 3.08. The number of ether oxygens (including phenoxy) is 1. The van der Waals surface area contributed by atoms with E-state index in [2.05, 4.69) is 35.8 Å². The third kappa shape index (κ3) is 5.63. The van der Waals surface area contributed by atoms with Crippen LogP contribution < -0.4 is 15.4 Å². The first-order valence-electron chi connectivity index (χ1n) is 9.96. The first kappa shape index (κ1) is 21.3. The monoisotopic (exact) mass is 450 g/mol. The highest BCUT2D eigenvalue weighted by Gasteiger charge is 2.27. The molecular weight excluding hydrogens is 428 g/mol. The minimum Gasteiger partial charge on any atom is -0.489 e. The van der Waals surface area contributed by atoms with Crippen LogP contribution in [-0.2, 0) is 11.4 Å². The summed E-state index contributed by atoms with van der Waals surface area (Å²) >= 11 is 7.48. The number of rotatable bonds is 6. The highest BCUT2D eigenvalue weighted by Crippen LogP contribution is 2.31. The van der Waals surface area contributed by atoms with E-state index in [1.54, 1.807) is 0 Å². The highest BCUT2D eigenvalue weighted by molar-refractivity contribution is 8.05. The van der Waals surface area contributed by atoms with Crippen molar-refractivity contribution >= 4 is 41.0 Å². The summed E-state index contributed by atoms with van der Waals surface area (Å²) in [6, 6.07) is 21.7. The second-order valence-electron chi connectivity index (χ2n) is 7.43. The number of benzene rings is 3. The smallest absolute Gasteiger partial charge is 0.260 e. The Balaban J connectivity index is 1.37. The lowest BCUT2D eigenvalue weighted by Crippen LogP contribution is -2.31. The molecule has 0 saturated carbocycles. The van der Waals surface area contributed by atoms with Gasteiger partial charge < -0.3 is 15.4 Å². The van der Waals surface area contributed by atoms with Crippen molar-refractivity contribution in [3.8, 4) is 5.75 Å². The Hall–Kier alpha value is -2.89. The number of thioether (sulfide) groups is 1. The maximum Gasteiger partial charge on any atom is 0.260 e. The van der Waals surface area contributed by atoms with E-state index in [1.807, 2.05) is 61.5 Å². The van der Waals surface area contributed by atoms with Gasteiger partial charge >= 0.3 is 0 Å². The van der Waals surface area contributed by atoms with Crippen LogP contribution >= 0.6 is 23.4 Å². The van der Waals surface area contributed by atoms with Gasteiger partial charge in [0.2, 0.25) is 0 Å². The van der Waals surface area contributed by atoms with Crippen molar-refractivity contribution in [1.29, 1.82) is 0 Å². The van der Waals surface area contributed by atoms with E-state index in [4.69, 9.17) is 16.3 Å². The molecule has 1 aliphatic heterocycles. The van der Waals surface area contributed by atoms with Crippen molar-refractivity contribution in [3.63, 3.8) is 0 Å². The van der Waals surface area contributed by atoms with E-state index >= 15 is 0 Å². The van der Waals surface area contributed by atoms with Gasteiger partial charge in [-0.2, -0.15) is 0 Å². The number of carbonyl (C=O) groups excluding carboxylic acids is 1. The highest BCUT2D eigenvalue weighted by atomic mass is 35.5. The molecule has 3 aromatic carbocycles. The minimum atomic E-state index is -0.226. The molecule has 2 N–H and O–H groups in total. The topological polar surface area (TPSA) is 50.4 Å². The largest absolute Gasteiger partial charge is 0.489 e. The second-order valence-corrected chi connectivity index (χ2v) is 9.01. The van der Waals surface area contributed by atoms with Gasteiger partial charge in [0, 0.05) is 10.7 Å². The first-order valence-corrected chi connectivity index (χ1v) is 11.2. The molecule has 1 aliphatic rings. The number of hydrogen-bond acceptors (Lipinski definition) is 4. The number of aryl methyl sites for hydroxylation is 2. The third-order valence-electron chi connectivity index (χ3n) is 4.87. The number of hydrogen-bond donors (Lipinski definition) is 2. The molecule has 3 aromatic rings. The standard InChI is InChI=1S/C25H23ClN2O2S/c1-16-4-3-5-19(12-16)15-30-21-9-6-18(7-10-21)14-23-24(29)28-25(31-23)27-22-11-8-20(26)13-17(22)2/h3-14,25,27H,15H2,1-2H3,(H,28,29)/b23-14-. The maximum absolute atomic E-state index is 12.4. The van der Waals surface area contributed by atoms with Crippen LogP contribution in [0.1, 0.15) is 22.3 Å². The number of halogens is 1. The van der Waals surface area contributed by atoms with E-state index in [-0.39, 0.29) is 11.4 Å². The van der Waals surface area contributed by atoms with Crippen LogP contribution in [0.2, 0.25) is 5.02 Å². The molecule has 1 amide bonds. The SMILES string of the molecule is Cc1cccc(COc2ccc(/C=C3\SC(Nc4ccc(Cl)cc4C)NC3=O)cc2)c1. The molecule has 31 heavy (non-hydrogen) atoms. The molecule has 1 atom stereocenters. The Bertz CT molecular complexity index is 1130. The molecule has 158 valence electrons. The van der Waals surface area contributed by atoms with E-state index in [9.17, 15) is 4.79 Å². The summed E-state index contributed by atoms with van der Waals surface area (Å²) < 4.78 is 5.87. The molecule has 0 bridgehead atoms. The zero-order chi connectivity index (χ0) is 21.8. The van der Waals surface area contributed by atoms with E-state index in [0.717, 1.165) is 28.1 Å². The lowest BCUT2D eigenvalue weighted by atomic mass is 10.1. The molecule has 1 heterocycles. The number of nitrogens with one attached hydrogen (secondary N) is 2. The van der Waals surface area contributed by atoms with Crippen molar-refractivity contribution < 1.29 is 9.53 Å². The van der Waals surface area contributed by atoms with Gasteiger partial charge in [-0.3, -0.25) is 4.79 Å². The fourth-order valence-electron chi connectivity index (χ4n) is 3.28. The minimum absolute atomic E-state index is 0.0890. The third-order valence-corrected chi connectivity index (χ3v) is 6.14. The molecule has 1 fully saturated rings. The lowest BCUT2D eigenvalue weighted by molar-refractivity contribution is -0.116. The summed E-state index contributed by atoms with van der Waals surface area (Å²) in [5.41, 5.74) is 5.05. The summed E-state index contributed by atoms with van der Waals surface area (Å²) in [5, 5.41) is 6.99. The van der Waals surface area contributed by atoms with Crippen LogP contribution in [0.25, 0.3) is 6.08 Å². The number of anilines is 1. The van der Waals surface area contributed by atoms with E-state index < -0.39 is 0 Å². The molecular formula is C25H23ClN2O2S. The van der Waals surface area contributed by atoms with Crippen molar-refractivity contribution in [2.75, 3.05) is 5.32 Å². The summed E-state index contributed by atoms with van der Waals surface area (Å²) in [7, 11) is 0. The summed E-state index contributed by atoms with van der Waals surface area (Å²) in [5.74, 6) is 0.707. The van der Waals surface area contributed by atoms with Crippen LogP contribution in [0.4, 0.5) is 5.69 Å². The van der Waals surface area contributed by atoms with Crippen molar-refractivity contribution in [1.82, 2.24) is 5.32 Å². The molecule has 0 aromatic heterocycles. The van der Waals surface area contributed by atoms with Gasteiger partial charge in [-0.05, 0) is 66.9 Å². The van der Waals surface area contributed by atoms with E-state index in [1.165, 1.54) is 17.3 Å². The normalized spacial score (nSPS) is 16.9.